The second-order valence-corrected chi connectivity index (χ2v) is 11.2. The van der Waals surface area contributed by atoms with Gasteiger partial charge in [0, 0.05) is 23.6 Å². The number of carbonyl (C=O) groups is 1. The zero-order valence-electron chi connectivity index (χ0n) is 20.8. The van der Waals surface area contributed by atoms with Crippen molar-refractivity contribution in [3.63, 3.8) is 0 Å². The largest absolute Gasteiger partial charge is 0.493 e. The van der Waals surface area contributed by atoms with Crippen LogP contribution in [-0.4, -0.2) is 30.4 Å². The average molecular weight is 538 g/mol. The summed E-state index contributed by atoms with van der Waals surface area (Å²) in [5.41, 5.74) is 0.940. The molecule has 0 bridgehead atoms. The van der Waals surface area contributed by atoms with Crippen molar-refractivity contribution in [2.24, 2.45) is 11.8 Å². The van der Waals surface area contributed by atoms with Crippen LogP contribution < -0.4 is 4.74 Å². The molecule has 200 valence electrons. The predicted molar refractivity (Wildman–Crippen MR) is 135 cm³/mol. The Morgan fingerprint density at radius 1 is 1.00 bits per heavy atom. The van der Waals surface area contributed by atoms with Gasteiger partial charge < -0.3 is 4.74 Å². The molecule has 0 atom stereocenters. The topological polar surface area (TPSA) is 29.5 Å². The van der Waals surface area contributed by atoms with E-state index in [0.717, 1.165) is 82.2 Å². The Balaban J connectivity index is 1.18. The SMILES string of the molecule is O=C(c1cc(C2CC2)c(OCC2CCN(Cc3cc(C(F)(F)F)ccc3Cl)CC2)cc1F)C1CCCC1. The molecule has 2 saturated carbocycles. The number of hydrogen-bond acceptors (Lipinski definition) is 3. The highest BCUT2D eigenvalue weighted by Crippen LogP contribution is 2.46. The number of halogens is 5. The van der Waals surface area contributed by atoms with E-state index in [0.29, 0.717) is 35.4 Å². The van der Waals surface area contributed by atoms with Crippen LogP contribution in [0.3, 0.4) is 0 Å². The summed E-state index contributed by atoms with van der Waals surface area (Å²) in [5.74, 6) is 0.499. The quantitative estimate of drug-likeness (QED) is 0.252. The molecule has 2 aromatic rings. The highest BCUT2D eigenvalue weighted by Gasteiger charge is 2.33. The molecule has 1 saturated heterocycles. The van der Waals surface area contributed by atoms with E-state index in [-0.39, 0.29) is 23.2 Å². The van der Waals surface area contributed by atoms with Crippen LogP contribution in [0, 0.1) is 17.7 Å². The highest BCUT2D eigenvalue weighted by atomic mass is 35.5. The molecule has 3 aliphatic rings. The summed E-state index contributed by atoms with van der Waals surface area (Å²) >= 11 is 6.17. The lowest BCUT2D eigenvalue weighted by Crippen LogP contribution is -2.35. The third-order valence-corrected chi connectivity index (χ3v) is 8.43. The smallest absolute Gasteiger partial charge is 0.416 e. The van der Waals surface area contributed by atoms with E-state index in [1.54, 1.807) is 6.07 Å². The average Bonchev–Trinajstić information content (AvgIpc) is 3.56. The van der Waals surface area contributed by atoms with Crippen LogP contribution in [0.25, 0.3) is 0 Å². The zero-order chi connectivity index (χ0) is 26.2. The first kappa shape index (κ1) is 26.5. The number of alkyl halides is 3. The predicted octanol–water partition coefficient (Wildman–Crippen LogP) is 8.04. The summed E-state index contributed by atoms with van der Waals surface area (Å²) in [6, 6.07) is 6.59. The van der Waals surface area contributed by atoms with Crippen molar-refractivity contribution >= 4 is 17.4 Å². The lowest BCUT2D eigenvalue weighted by Gasteiger charge is -2.32. The summed E-state index contributed by atoms with van der Waals surface area (Å²) in [6.07, 6.45) is 3.05. The fourth-order valence-corrected chi connectivity index (χ4v) is 5.82. The van der Waals surface area contributed by atoms with Crippen LogP contribution in [0.1, 0.15) is 84.3 Å². The maximum absolute atomic E-state index is 15.0. The van der Waals surface area contributed by atoms with E-state index in [2.05, 4.69) is 4.90 Å². The van der Waals surface area contributed by atoms with Crippen LogP contribution in [-0.2, 0) is 12.7 Å². The second-order valence-electron chi connectivity index (χ2n) is 10.8. The number of Topliss-reactive ketones (excluding diaryl/α,β-unsaturated/α-hetero) is 1. The number of piperidine rings is 1. The number of ether oxygens (including phenoxy) is 1. The molecule has 1 heterocycles. The van der Waals surface area contributed by atoms with E-state index >= 15 is 0 Å². The molecule has 1 aliphatic heterocycles. The van der Waals surface area contributed by atoms with Gasteiger partial charge in [-0.25, -0.2) is 4.39 Å². The van der Waals surface area contributed by atoms with Crippen molar-refractivity contribution in [2.45, 2.75) is 70.0 Å². The Kier molecular flexibility index (Phi) is 7.83. The molecule has 0 unspecified atom stereocenters. The minimum Gasteiger partial charge on any atom is -0.493 e. The molecular weight excluding hydrogens is 506 g/mol. The second kappa shape index (κ2) is 10.9. The summed E-state index contributed by atoms with van der Waals surface area (Å²) in [6.45, 7) is 2.26. The first-order valence-electron chi connectivity index (χ1n) is 13.3. The van der Waals surface area contributed by atoms with Crippen molar-refractivity contribution in [1.29, 1.82) is 0 Å². The van der Waals surface area contributed by atoms with Crippen LogP contribution >= 0.6 is 11.6 Å². The standard InChI is InChI=1S/C29H32ClF4NO2/c30-25-8-7-22(29(32,33)34)13-21(25)16-35-11-9-18(10-12-35)17-37-27-15-26(31)24(14-23(27)19-5-6-19)28(36)20-3-1-2-4-20/h7-8,13-15,18-20H,1-6,9-12,16-17H2. The third-order valence-electron chi connectivity index (χ3n) is 8.06. The molecule has 2 aromatic carbocycles. The molecule has 0 N–H and O–H groups in total. The van der Waals surface area contributed by atoms with Gasteiger partial charge in [0.1, 0.15) is 11.6 Å². The van der Waals surface area contributed by atoms with E-state index in [1.807, 2.05) is 0 Å². The van der Waals surface area contributed by atoms with Gasteiger partial charge >= 0.3 is 6.18 Å². The Hall–Kier alpha value is -2.12. The third kappa shape index (κ3) is 6.31. The molecule has 37 heavy (non-hydrogen) atoms. The van der Waals surface area contributed by atoms with E-state index in [4.69, 9.17) is 16.3 Å². The number of rotatable bonds is 8. The van der Waals surface area contributed by atoms with Gasteiger partial charge in [-0.3, -0.25) is 9.69 Å². The van der Waals surface area contributed by atoms with Crippen molar-refractivity contribution in [3.05, 3.63) is 63.4 Å². The fourth-order valence-electron chi connectivity index (χ4n) is 5.64. The van der Waals surface area contributed by atoms with Crippen LogP contribution in [0.4, 0.5) is 17.6 Å². The molecule has 5 rings (SSSR count). The van der Waals surface area contributed by atoms with Gasteiger partial charge in [-0.15, -0.1) is 0 Å². The summed E-state index contributed by atoms with van der Waals surface area (Å²) < 4.78 is 60.4. The normalized spacial score (nSPS) is 19.9. The molecule has 0 amide bonds. The summed E-state index contributed by atoms with van der Waals surface area (Å²) in [7, 11) is 0. The molecule has 0 aromatic heterocycles. The van der Waals surface area contributed by atoms with Crippen LogP contribution in [0.2, 0.25) is 5.02 Å². The number of carbonyl (C=O) groups excluding carboxylic acids is 1. The monoisotopic (exact) mass is 537 g/mol. The zero-order valence-corrected chi connectivity index (χ0v) is 21.5. The van der Waals surface area contributed by atoms with E-state index in [1.165, 1.54) is 12.1 Å². The molecule has 3 nitrogen and oxygen atoms in total. The van der Waals surface area contributed by atoms with Gasteiger partial charge in [-0.2, -0.15) is 13.2 Å². The number of benzene rings is 2. The minimum atomic E-state index is -4.40. The molecule has 0 spiro atoms. The minimum absolute atomic E-state index is 0.0654. The van der Waals surface area contributed by atoms with Gasteiger partial charge in [-0.1, -0.05) is 24.4 Å². The Bertz CT molecular complexity index is 1130. The summed E-state index contributed by atoms with van der Waals surface area (Å²) in [5, 5.41) is 0.336. The van der Waals surface area contributed by atoms with E-state index in [9.17, 15) is 22.4 Å². The number of nitrogens with zero attached hydrogens (tertiary/aromatic N) is 1. The lowest BCUT2D eigenvalue weighted by molar-refractivity contribution is -0.137. The number of likely N-dealkylation sites (tertiary alicyclic amines) is 1. The van der Waals surface area contributed by atoms with Gasteiger partial charge in [-0.05, 0) is 98.8 Å². The lowest BCUT2D eigenvalue weighted by atomic mass is 9.93. The molecule has 0 radical (unpaired) electrons. The van der Waals surface area contributed by atoms with Crippen LogP contribution in [0.5, 0.6) is 5.75 Å². The Morgan fingerprint density at radius 2 is 1.70 bits per heavy atom. The molecule has 8 heteroatoms. The summed E-state index contributed by atoms with van der Waals surface area (Å²) in [4.78, 5) is 15.0. The van der Waals surface area contributed by atoms with Gasteiger partial charge in [0.2, 0.25) is 0 Å². The Morgan fingerprint density at radius 3 is 2.35 bits per heavy atom. The van der Waals surface area contributed by atoms with Gasteiger partial charge in [0.05, 0.1) is 17.7 Å². The first-order valence-corrected chi connectivity index (χ1v) is 13.6. The molecular formula is C29H32ClF4NO2. The number of ketones is 1. The van der Waals surface area contributed by atoms with Crippen molar-refractivity contribution in [1.82, 2.24) is 4.90 Å². The van der Waals surface area contributed by atoms with Gasteiger partial charge in [0.15, 0.2) is 5.78 Å². The fraction of sp³-hybridized carbons (Fsp3) is 0.552. The van der Waals surface area contributed by atoms with Crippen LogP contribution in [0.15, 0.2) is 30.3 Å². The van der Waals surface area contributed by atoms with Crippen molar-refractivity contribution in [3.8, 4) is 5.75 Å². The van der Waals surface area contributed by atoms with E-state index < -0.39 is 17.6 Å². The number of hydrogen-bond donors (Lipinski definition) is 0. The highest BCUT2D eigenvalue weighted by molar-refractivity contribution is 6.31. The Labute approximate surface area is 220 Å². The molecule has 3 fully saturated rings. The van der Waals surface area contributed by atoms with Gasteiger partial charge in [0.25, 0.3) is 0 Å². The molecule has 2 aliphatic carbocycles. The maximum Gasteiger partial charge on any atom is 0.416 e. The maximum atomic E-state index is 15.0. The van der Waals surface area contributed by atoms with Crippen molar-refractivity contribution in [2.75, 3.05) is 19.7 Å². The first-order chi connectivity index (χ1) is 17.7. The van der Waals surface area contributed by atoms with Crippen molar-refractivity contribution < 1.29 is 27.1 Å².